The summed E-state index contributed by atoms with van der Waals surface area (Å²) in [5.41, 5.74) is 0.232. The summed E-state index contributed by atoms with van der Waals surface area (Å²) in [7, 11) is 0. The minimum atomic E-state index is -0.725. The van der Waals surface area contributed by atoms with Gasteiger partial charge in [-0.25, -0.2) is 4.98 Å². The monoisotopic (exact) mass is 402 g/mol. The third kappa shape index (κ3) is 4.97. The molecule has 28 heavy (non-hydrogen) atoms. The van der Waals surface area contributed by atoms with Crippen LogP contribution in [-0.4, -0.2) is 38.5 Å². The lowest BCUT2D eigenvalue weighted by Gasteiger charge is -2.13. The molecule has 2 N–H and O–H groups in total. The fourth-order valence-electron chi connectivity index (χ4n) is 2.42. The number of aromatic amines is 1. The molecule has 1 amide bonds. The van der Waals surface area contributed by atoms with Crippen LogP contribution in [0.15, 0.2) is 39.6 Å². The van der Waals surface area contributed by atoms with E-state index in [9.17, 15) is 14.4 Å². The minimum absolute atomic E-state index is 0.0204. The molecule has 1 aromatic carbocycles. The molecular weight excluding hydrogens is 384 g/mol. The second kappa shape index (κ2) is 8.70. The van der Waals surface area contributed by atoms with E-state index in [0.29, 0.717) is 22.5 Å². The standard InChI is InChI=1S/C18H18N4O5S/c1-10-7-14(22-27-10)20-15(23)8-28-9-16(24)26-11(2)17-19-13-6-4-3-5-12(13)18(25)21-17/h3-7,11H,8-9H2,1-2H3,(H,19,21,25)(H,20,22,23)/t11-/m1/s1. The van der Waals surface area contributed by atoms with Crippen molar-refractivity contribution in [1.82, 2.24) is 15.1 Å². The van der Waals surface area contributed by atoms with E-state index in [1.807, 2.05) is 0 Å². The van der Waals surface area contributed by atoms with Crippen LogP contribution in [0.25, 0.3) is 10.9 Å². The molecule has 2 aromatic heterocycles. The molecule has 0 bridgehead atoms. The number of carbonyl (C=O) groups is 2. The Morgan fingerprint density at radius 2 is 2.11 bits per heavy atom. The third-order valence-corrected chi connectivity index (χ3v) is 4.58. The van der Waals surface area contributed by atoms with Gasteiger partial charge in [0.05, 0.1) is 22.4 Å². The molecule has 0 unspecified atom stereocenters. The van der Waals surface area contributed by atoms with Crippen molar-refractivity contribution in [3.63, 3.8) is 0 Å². The maximum Gasteiger partial charge on any atom is 0.316 e. The highest BCUT2D eigenvalue weighted by atomic mass is 32.2. The van der Waals surface area contributed by atoms with Crippen LogP contribution in [0.3, 0.4) is 0 Å². The lowest BCUT2D eigenvalue weighted by molar-refractivity contribution is -0.145. The summed E-state index contributed by atoms with van der Waals surface area (Å²) in [6.07, 6.45) is -0.725. The average Bonchev–Trinajstić information content (AvgIpc) is 3.06. The van der Waals surface area contributed by atoms with Gasteiger partial charge in [-0.2, -0.15) is 0 Å². The van der Waals surface area contributed by atoms with Crippen LogP contribution >= 0.6 is 11.8 Å². The lowest BCUT2D eigenvalue weighted by atomic mass is 10.2. The van der Waals surface area contributed by atoms with E-state index in [1.54, 1.807) is 44.2 Å². The summed E-state index contributed by atoms with van der Waals surface area (Å²) >= 11 is 1.10. The van der Waals surface area contributed by atoms with Crippen LogP contribution in [0.1, 0.15) is 24.6 Å². The van der Waals surface area contributed by atoms with Crippen molar-refractivity contribution < 1.29 is 18.8 Å². The van der Waals surface area contributed by atoms with Crippen molar-refractivity contribution in [3.8, 4) is 0 Å². The molecule has 10 heteroatoms. The number of amides is 1. The maximum atomic E-state index is 12.1. The molecule has 0 saturated heterocycles. The van der Waals surface area contributed by atoms with Gasteiger partial charge in [-0.05, 0) is 26.0 Å². The number of fused-ring (bicyclic) bond motifs is 1. The van der Waals surface area contributed by atoms with Gasteiger partial charge < -0.3 is 19.6 Å². The Labute approximate surface area is 163 Å². The minimum Gasteiger partial charge on any atom is -0.454 e. The molecule has 0 spiro atoms. The smallest absolute Gasteiger partial charge is 0.316 e. The van der Waals surface area contributed by atoms with Gasteiger partial charge in [-0.1, -0.05) is 17.3 Å². The molecule has 0 aliphatic rings. The predicted molar refractivity (Wildman–Crippen MR) is 104 cm³/mol. The zero-order valence-corrected chi connectivity index (χ0v) is 16.0. The Hall–Kier alpha value is -3.14. The number of hydrogen-bond acceptors (Lipinski definition) is 8. The fraction of sp³-hybridized carbons (Fsp3) is 0.278. The van der Waals surface area contributed by atoms with E-state index < -0.39 is 12.1 Å². The van der Waals surface area contributed by atoms with Crippen molar-refractivity contribution >= 4 is 40.4 Å². The van der Waals surface area contributed by atoms with Gasteiger partial charge in [0.2, 0.25) is 5.91 Å². The van der Waals surface area contributed by atoms with E-state index in [1.165, 1.54) is 0 Å². The van der Waals surface area contributed by atoms with Crippen LogP contribution in [0.2, 0.25) is 0 Å². The number of nitrogens with one attached hydrogen (secondary N) is 2. The summed E-state index contributed by atoms with van der Waals surface area (Å²) in [5.74, 6) is 0.388. The Kier molecular flexibility index (Phi) is 6.09. The number of ether oxygens (including phenoxy) is 1. The van der Waals surface area contributed by atoms with E-state index in [-0.39, 0.29) is 28.8 Å². The maximum absolute atomic E-state index is 12.1. The number of esters is 1. The molecule has 0 radical (unpaired) electrons. The topological polar surface area (TPSA) is 127 Å². The molecule has 9 nitrogen and oxygen atoms in total. The van der Waals surface area contributed by atoms with Crippen LogP contribution in [0.4, 0.5) is 5.82 Å². The normalized spacial score (nSPS) is 11.9. The number of aromatic nitrogens is 3. The van der Waals surface area contributed by atoms with Gasteiger partial charge >= 0.3 is 5.97 Å². The summed E-state index contributed by atoms with van der Waals surface area (Å²) in [6.45, 7) is 3.33. The first-order valence-electron chi connectivity index (χ1n) is 8.41. The Morgan fingerprint density at radius 1 is 1.32 bits per heavy atom. The predicted octanol–water partition coefficient (Wildman–Crippen LogP) is 2.20. The molecule has 3 aromatic rings. The van der Waals surface area contributed by atoms with Crippen LogP contribution in [-0.2, 0) is 14.3 Å². The summed E-state index contributed by atoms with van der Waals surface area (Å²) in [4.78, 5) is 42.8. The first-order chi connectivity index (χ1) is 13.4. The molecule has 3 rings (SSSR count). The number of aryl methyl sites for hydroxylation is 1. The molecule has 2 heterocycles. The Morgan fingerprint density at radius 3 is 2.86 bits per heavy atom. The zero-order valence-electron chi connectivity index (χ0n) is 15.2. The lowest BCUT2D eigenvalue weighted by Crippen LogP contribution is -2.19. The summed E-state index contributed by atoms with van der Waals surface area (Å²) in [5, 5.41) is 6.68. The van der Waals surface area contributed by atoms with Gasteiger partial charge in [-0.15, -0.1) is 11.8 Å². The number of carbonyl (C=O) groups excluding carboxylic acids is 2. The van der Waals surface area contributed by atoms with E-state index in [4.69, 9.17) is 9.26 Å². The number of H-pyrrole nitrogens is 1. The van der Waals surface area contributed by atoms with E-state index in [2.05, 4.69) is 20.4 Å². The fourth-order valence-corrected chi connectivity index (χ4v) is 3.01. The first-order valence-corrected chi connectivity index (χ1v) is 9.57. The van der Waals surface area contributed by atoms with Crippen molar-refractivity contribution in [2.75, 3.05) is 16.8 Å². The molecule has 0 aliphatic carbocycles. The van der Waals surface area contributed by atoms with Gasteiger partial charge in [-0.3, -0.25) is 14.4 Å². The molecule has 0 aliphatic heterocycles. The summed E-state index contributed by atoms with van der Waals surface area (Å²) in [6, 6.07) is 8.50. The highest BCUT2D eigenvalue weighted by Gasteiger charge is 2.16. The second-order valence-corrected chi connectivity index (χ2v) is 6.95. The highest BCUT2D eigenvalue weighted by Crippen LogP contribution is 2.15. The number of benzene rings is 1. The molecule has 146 valence electrons. The van der Waals surface area contributed by atoms with Crippen molar-refractivity contribution in [2.45, 2.75) is 20.0 Å². The number of rotatable bonds is 7. The second-order valence-electron chi connectivity index (χ2n) is 5.96. The van der Waals surface area contributed by atoms with Crippen molar-refractivity contribution in [2.24, 2.45) is 0 Å². The van der Waals surface area contributed by atoms with E-state index >= 15 is 0 Å². The Bertz CT molecular complexity index is 1060. The van der Waals surface area contributed by atoms with E-state index in [0.717, 1.165) is 11.8 Å². The molecule has 1 atom stereocenters. The average molecular weight is 402 g/mol. The van der Waals surface area contributed by atoms with Gasteiger partial charge in [0, 0.05) is 6.07 Å². The highest BCUT2D eigenvalue weighted by molar-refractivity contribution is 8.00. The zero-order chi connectivity index (χ0) is 20.1. The van der Waals surface area contributed by atoms with Crippen LogP contribution in [0.5, 0.6) is 0 Å². The number of thioether (sulfide) groups is 1. The number of anilines is 1. The van der Waals surface area contributed by atoms with Crippen LogP contribution < -0.4 is 10.9 Å². The first kappa shape index (κ1) is 19.6. The molecule has 0 fully saturated rings. The number of hydrogen-bond donors (Lipinski definition) is 2. The quantitative estimate of drug-likeness (QED) is 0.576. The van der Waals surface area contributed by atoms with Gasteiger partial charge in [0.1, 0.15) is 5.76 Å². The Balaban J connectivity index is 1.49. The number of nitrogens with zero attached hydrogens (tertiary/aromatic N) is 2. The van der Waals surface area contributed by atoms with Crippen LogP contribution in [0, 0.1) is 6.92 Å². The van der Waals surface area contributed by atoms with Crippen molar-refractivity contribution in [1.29, 1.82) is 0 Å². The van der Waals surface area contributed by atoms with Gasteiger partial charge in [0.25, 0.3) is 5.56 Å². The largest absolute Gasteiger partial charge is 0.454 e. The number of para-hydroxylation sites is 1. The van der Waals surface area contributed by atoms with Gasteiger partial charge in [0.15, 0.2) is 17.7 Å². The third-order valence-electron chi connectivity index (χ3n) is 3.67. The molecular formula is C18H18N4O5S. The molecule has 0 saturated carbocycles. The SMILES string of the molecule is Cc1cc(NC(=O)CSCC(=O)O[C@H](C)c2nc3ccccc3c(=O)[nH]2)no1. The van der Waals surface area contributed by atoms with Crippen molar-refractivity contribution in [3.05, 3.63) is 52.3 Å². The summed E-state index contributed by atoms with van der Waals surface area (Å²) < 4.78 is 10.1.